The summed E-state index contributed by atoms with van der Waals surface area (Å²) < 4.78 is 89.7. The van der Waals surface area contributed by atoms with Gasteiger partial charge in [0.25, 0.3) is 16.3 Å². The molecule has 1 fully saturated rings. The van der Waals surface area contributed by atoms with Crippen LogP contribution >= 0.6 is 0 Å². The second-order valence-corrected chi connectivity index (χ2v) is 13.3. The van der Waals surface area contributed by atoms with Gasteiger partial charge in [0.15, 0.2) is 5.69 Å². The first kappa shape index (κ1) is 35.2. The van der Waals surface area contributed by atoms with E-state index in [2.05, 4.69) is 5.10 Å². The predicted molar refractivity (Wildman–Crippen MR) is 165 cm³/mol. The largest absolute Gasteiger partial charge is 0.511 e. The van der Waals surface area contributed by atoms with Gasteiger partial charge in [-0.2, -0.15) is 22.9 Å². The Morgan fingerprint density at radius 2 is 1.76 bits per heavy atom. The van der Waals surface area contributed by atoms with E-state index in [1.54, 1.807) is 43.1 Å². The summed E-state index contributed by atoms with van der Waals surface area (Å²) in [5, 5.41) is 6.49. The average molecular weight is 713 g/mol. The fraction of sp³-hybridized carbons (Fsp3) is 0.433. The van der Waals surface area contributed by atoms with Crippen LogP contribution in [-0.2, 0) is 30.4 Å². The van der Waals surface area contributed by atoms with Gasteiger partial charge >= 0.3 is 18.4 Å². The molecule has 49 heavy (non-hydrogen) atoms. The molecule has 0 radical (unpaired) electrons. The van der Waals surface area contributed by atoms with Gasteiger partial charge in [0, 0.05) is 36.5 Å². The number of hydrogen-bond acceptors (Lipinski definition) is 11. The van der Waals surface area contributed by atoms with Gasteiger partial charge < -0.3 is 19.0 Å². The molecule has 0 saturated carbocycles. The van der Waals surface area contributed by atoms with Crippen LogP contribution in [0.1, 0.15) is 44.9 Å². The van der Waals surface area contributed by atoms with Gasteiger partial charge in [-0.3, -0.25) is 5.01 Å². The Bertz CT molecular complexity index is 1840. The van der Waals surface area contributed by atoms with Crippen LogP contribution in [0.25, 0.3) is 16.9 Å². The molecule has 0 spiro atoms. The Morgan fingerprint density at radius 3 is 2.41 bits per heavy atom. The lowest BCUT2D eigenvalue weighted by molar-refractivity contribution is -0.141. The number of piperidine rings is 1. The number of aromatic nitrogens is 4. The van der Waals surface area contributed by atoms with Crippen LogP contribution in [0.4, 0.5) is 22.8 Å². The average Bonchev–Trinajstić information content (AvgIpc) is 3.63. The number of ether oxygens (including phenoxy) is 3. The first-order chi connectivity index (χ1) is 23.1. The highest BCUT2D eigenvalue weighted by molar-refractivity contribution is 7.90. The number of aryl methyl sites for hydroxylation is 1. The smallest absolute Gasteiger partial charge is 0.448 e. The quantitative estimate of drug-likeness (QED) is 0.167. The molecule has 2 atom stereocenters. The van der Waals surface area contributed by atoms with Crippen molar-refractivity contribution in [1.29, 1.82) is 0 Å². The van der Waals surface area contributed by atoms with Crippen LogP contribution in [0.5, 0.6) is 0 Å². The summed E-state index contributed by atoms with van der Waals surface area (Å²) in [5.74, 6) is -0.180. The zero-order chi connectivity index (χ0) is 35.5. The summed E-state index contributed by atoms with van der Waals surface area (Å²) in [4.78, 5) is 30.4. The Labute approximate surface area is 278 Å². The third-order valence-corrected chi connectivity index (χ3v) is 8.56. The minimum absolute atomic E-state index is 0.103. The van der Waals surface area contributed by atoms with Gasteiger partial charge in [-0.25, -0.2) is 27.4 Å². The number of halogens is 3. The minimum atomic E-state index is -4.70. The van der Waals surface area contributed by atoms with E-state index in [-0.39, 0.29) is 34.9 Å². The first-order valence-electron chi connectivity index (χ1n) is 15.2. The Morgan fingerprint density at radius 1 is 1.06 bits per heavy atom. The topological polar surface area (TPSA) is 161 Å². The van der Waals surface area contributed by atoms with Crippen molar-refractivity contribution in [1.82, 2.24) is 24.5 Å². The third kappa shape index (κ3) is 9.09. The molecule has 19 heteroatoms. The Kier molecular flexibility index (Phi) is 10.2. The first-order valence-corrected chi connectivity index (χ1v) is 16.7. The molecule has 4 aromatic rings. The lowest BCUT2D eigenvalue weighted by Crippen LogP contribution is -2.44. The van der Waals surface area contributed by atoms with E-state index < -0.39 is 40.4 Å². The fourth-order valence-corrected chi connectivity index (χ4v) is 5.79. The van der Waals surface area contributed by atoms with Gasteiger partial charge in [0.1, 0.15) is 5.02 Å². The van der Waals surface area contributed by atoms with Crippen LogP contribution in [-0.4, -0.2) is 72.5 Å². The van der Waals surface area contributed by atoms with Crippen molar-refractivity contribution >= 4 is 22.3 Å². The van der Waals surface area contributed by atoms with Crippen molar-refractivity contribution in [2.75, 3.05) is 24.7 Å². The van der Waals surface area contributed by atoms with Gasteiger partial charge in [-0.05, 0) is 63.9 Å². The van der Waals surface area contributed by atoms with Crippen molar-refractivity contribution in [2.45, 2.75) is 64.0 Å². The summed E-state index contributed by atoms with van der Waals surface area (Å²) in [6.07, 6.45) is -6.78. The normalized spacial score (nSPS) is 16.0. The minimum Gasteiger partial charge on any atom is -0.448 e. The van der Waals surface area contributed by atoms with Gasteiger partial charge in [-0.1, -0.05) is 29.8 Å². The predicted octanol–water partition coefficient (Wildman–Crippen LogP) is 4.86. The number of benzene rings is 2. The highest BCUT2D eigenvalue weighted by Crippen LogP contribution is 2.33. The van der Waals surface area contributed by atoms with E-state index in [0.717, 1.165) is 33.5 Å². The molecule has 1 aliphatic rings. The Hall–Kier alpha value is -5.07. The molecule has 0 aliphatic carbocycles. The number of carbonyl (C=O) groups excluding carboxylic acids is 2. The van der Waals surface area contributed by atoms with E-state index >= 15 is 0 Å². The molecule has 266 valence electrons. The Balaban J connectivity index is 1.15. The van der Waals surface area contributed by atoms with Gasteiger partial charge in [-0.15, -0.1) is 0 Å². The van der Waals surface area contributed by atoms with E-state index in [1.165, 1.54) is 24.0 Å². The number of nitrogens with zero attached hydrogens (tertiary/aromatic N) is 5. The molecule has 15 nitrogen and oxygen atoms in total. The van der Waals surface area contributed by atoms with Crippen molar-refractivity contribution in [3.05, 3.63) is 65.9 Å². The number of amides is 1. The standard InChI is InChI=1S/C30H35F3N6O9S/c1-19(2)45-29(41)46-21(4)47-39-38(48-39)36-15-5-6-22(17-36)18-44-28(40)35-49(42,43)25-13-11-24(12-14-25)37-26(16-27(34-37)30(31,32)33)23-9-7-20(3)8-10-23/h7-14,16,19,21-22H,5-6,15,17-18H2,1-4H3,(H,35,40). The SMILES string of the molecule is Cc1ccc(-c2cc(C(F)(F)F)nn2-c2ccc(S(=O)(=O)NC(=O)OCC3CCCN(n4on4OC(C)OC(=O)OC(C)C)C3)cc2)cc1. The zero-order valence-electron chi connectivity index (χ0n) is 26.9. The molecular formula is C30H35F3N6O9S. The molecular weight excluding hydrogens is 677 g/mol. The van der Waals surface area contributed by atoms with Crippen LogP contribution in [0.3, 0.4) is 0 Å². The fourth-order valence-electron chi connectivity index (χ4n) is 4.90. The molecule has 2 aromatic carbocycles. The maximum atomic E-state index is 13.5. The van der Waals surface area contributed by atoms with Crippen molar-refractivity contribution in [2.24, 2.45) is 5.92 Å². The molecule has 1 N–H and O–H groups in total. The zero-order valence-corrected chi connectivity index (χ0v) is 27.7. The van der Waals surface area contributed by atoms with Crippen molar-refractivity contribution < 1.29 is 54.9 Å². The summed E-state index contributed by atoms with van der Waals surface area (Å²) >= 11 is 0. The van der Waals surface area contributed by atoms with Crippen LogP contribution in [0.15, 0.2) is 64.1 Å². The maximum absolute atomic E-state index is 13.5. The van der Waals surface area contributed by atoms with Crippen molar-refractivity contribution in [3.63, 3.8) is 0 Å². The maximum Gasteiger partial charge on any atom is 0.511 e. The lowest BCUT2D eigenvalue weighted by Gasteiger charge is -2.29. The summed E-state index contributed by atoms with van der Waals surface area (Å²) in [6, 6.07) is 12.6. The van der Waals surface area contributed by atoms with E-state index in [4.69, 9.17) is 23.7 Å². The lowest BCUT2D eigenvalue weighted by atomic mass is 10.0. The van der Waals surface area contributed by atoms with Crippen LogP contribution < -0.4 is 14.6 Å². The summed E-state index contributed by atoms with van der Waals surface area (Å²) in [7, 11) is -4.39. The van der Waals surface area contributed by atoms with Crippen molar-refractivity contribution in [3.8, 4) is 16.9 Å². The molecule has 5 rings (SSSR count). The molecule has 1 saturated heterocycles. The number of alkyl halides is 3. The van der Waals surface area contributed by atoms with E-state index in [9.17, 15) is 31.2 Å². The molecule has 1 aliphatic heterocycles. The number of carbonyl (C=O) groups is 2. The number of nitrogens with one attached hydrogen (secondary N) is 1. The molecule has 3 heterocycles. The molecule has 1 amide bonds. The van der Waals surface area contributed by atoms with Crippen LogP contribution in [0.2, 0.25) is 0 Å². The molecule has 2 aromatic heterocycles. The number of hydrogen-bond donors (Lipinski definition) is 1. The van der Waals surface area contributed by atoms with Crippen LogP contribution in [0, 0.1) is 12.8 Å². The second kappa shape index (κ2) is 14.2. The summed E-state index contributed by atoms with van der Waals surface area (Å²) in [5.41, 5.74) is 0.615. The monoisotopic (exact) mass is 712 g/mol. The number of rotatable bonds is 11. The van der Waals surface area contributed by atoms with Gasteiger partial charge in [0.2, 0.25) is 0 Å². The number of sulfonamides is 1. The second-order valence-electron chi connectivity index (χ2n) is 11.6. The molecule has 2 unspecified atom stereocenters. The highest BCUT2D eigenvalue weighted by atomic mass is 32.2. The highest BCUT2D eigenvalue weighted by Gasteiger charge is 2.35. The van der Waals surface area contributed by atoms with E-state index in [1.807, 2.05) is 11.6 Å². The van der Waals surface area contributed by atoms with Gasteiger partial charge in [0.05, 0.1) is 29.0 Å². The van der Waals surface area contributed by atoms with E-state index in [0.29, 0.717) is 31.5 Å². The molecule has 0 bridgehead atoms. The summed E-state index contributed by atoms with van der Waals surface area (Å²) in [6.45, 7) is 7.53. The third-order valence-electron chi connectivity index (χ3n) is 7.24.